The van der Waals surface area contributed by atoms with Crippen LogP contribution >= 0.6 is 11.3 Å². The monoisotopic (exact) mass is 462 g/mol. The van der Waals surface area contributed by atoms with Gasteiger partial charge in [-0.1, -0.05) is 24.3 Å². The van der Waals surface area contributed by atoms with Gasteiger partial charge in [-0.3, -0.25) is 4.79 Å². The van der Waals surface area contributed by atoms with Gasteiger partial charge >= 0.3 is 0 Å². The van der Waals surface area contributed by atoms with Crippen molar-refractivity contribution in [3.63, 3.8) is 0 Å². The van der Waals surface area contributed by atoms with E-state index in [9.17, 15) is 9.18 Å². The maximum atomic E-state index is 14.5. The fourth-order valence-corrected chi connectivity index (χ4v) is 3.88. The normalized spacial score (nSPS) is 11.1. The number of hydrogen-bond acceptors (Lipinski definition) is 5. The number of ether oxygens (including phenoxy) is 1. The minimum absolute atomic E-state index is 0.213. The average Bonchev–Trinajstić information content (AvgIpc) is 3.43. The van der Waals surface area contributed by atoms with Crippen molar-refractivity contribution < 1.29 is 13.9 Å². The number of aryl methyl sites for hydroxylation is 2. The molecule has 1 amide bonds. The SMILES string of the molecule is Cc1nc(COc2ccccc2/C=C/C(=O)NCc2ccc(-n3ccnc3C)c(F)c2)cs1. The molecule has 0 aliphatic carbocycles. The molecule has 0 aliphatic heterocycles. The van der Waals surface area contributed by atoms with Crippen LogP contribution in [0.2, 0.25) is 0 Å². The second-order valence-electron chi connectivity index (χ2n) is 7.37. The van der Waals surface area contributed by atoms with Crippen LogP contribution in [-0.4, -0.2) is 20.4 Å². The van der Waals surface area contributed by atoms with Gasteiger partial charge in [0.1, 0.15) is 24.0 Å². The van der Waals surface area contributed by atoms with Gasteiger partial charge in [0.2, 0.25) is 5.91 Å². The summed E-state index contributed by atoms with van der Waals surface area (Å²) in [6.45, 7) is 4.34. The van der Waals surface area contributed by atoms with E-state index >= 15 is 0 Å². The molecule has 33 heavy (non-hydrogen) atoms. The van der Waals surface area contributed by atoms with Gasteiger partial charge in [-0.25, -0.2) is 14.4 Å². The predicted molar refractivity (Wildman–Crippen MR) is 127 cm³/mol. The van der Waals surface area contributed by atoms with Gasteiger partial charge in [0.05, 0.1) is 16.4 Å². The van der Waals surface area contributed by atoms with E-state index in [1.54, 1.807) is 46.5 Å². The number of halogens is 1. The largest absolute Gasteiger partial charge is 0.487 e. The second kappa shape index (κ2) is 10.2. The fourth-order valence-electron chi connectivity index (χ4n) is 3.28. The van der Waals surface area contributed by atoms with Crippen molar-refractivity contribution in [2.75, 3.05) is 0 Å². The molecule has 8 heteroatoms. The summed E-state index contributed by atoms with van der Waals surface area (Å²) < 4.78 is 22.1. The highest BCUT2D eigenvalue weighted by Crippen LogP contribution is 2.21. The first-order valence-electron chi connectivity index (χ1n) is 10.4. The molecule has 0 unspecified atom stereocenters. The van der Waals surface area contributed by atoms with Crippen LogP contribution in [0.25, 0.3) is 11.8 Å². The number of benzene rings is 2. The number of nitrogens with one attached hydrogen (secondary N) is 1. The van der Waals surface area contributed by atoms with E-state index in [2.05, 4.69) is 15.3 Å². The highest BCUT2D eigenvalue weighted by molar-refractivity contribution is 7.09. The third kappa shape index (κ3) is 5.72. The van der Waals surface area contributed by atoms with Crippen molar-refractivity contribution in [3.8, 4) is 11.4 Å². The van der Waals surface area contributed by atoms with Crippen LogP contribution in [0, 0.1) is 19.7 Å². The Bertz CT molecular complexity index is 1300. The topological polar surface area (TPSA) is 69.0 Å². The minimum atomic E-state index is -0.375. The Morgan fingerprint density at radius 2 is 2.09 bits per heavy atom. The quantitative estimate of drug-likeness (QED) is 0.375. The summed E-state index contributed by atoms with van der Waals surface area (Å²) in [6.07, 6.45) is 6.47. The molecular formula is C25H23FN4O2S. The summed E-state index contributed by atoms with van der Waals surface area (Å²) in [5.41, 5.74) is 2.74. The molecule has 168 valence electrons. The molecule has 0 atom stereocenters. The predicted octanol–water partition coefficient (Wildman–Crippen LogP) is 4.99. The zero-order valence-electron chi connectivity index (χ0n) is 18.3. The number of carbonyl (C=O) groups is 1. The van der Waals surface area contributed by atoms with E-state index in [-0.39, 0.29) is 18.3 Å². The molecule has 2 aromatic carbocycles. The summed E-state index contributed by atoms with van der Waals surface area (Å²) in [5, 5.41) is 5.74. The van der Waals surface area contributed by atoms with E-state index < -0.39 is 0 Å². The number of aromatic nitrogens is 3. The smallest absolute Gasteiger partial charge is 0.244 e. The Kier molecular flexibility index (Phi) is 6.95. The minimum Gasteiger partial charge on any atom is -0.487 e. The number of thiazole rings is 1. The van der Waals surface area contributed by atoms with Crippen molar-refractivity contribution in [2.45, 2.75) is 27.0 Å². The number of carbonyl (C=O) groups excluding carboxylic acids is 1. The van der Waals surface area contributed by atoms with Crippen LogP contribution in [0.15, 0.2) is 66.3 Å². The maximum Gasteiger partial charge on any atom is 0.244 e. The summed E-state index contributed by atoms with van der Waals surface area (Å²) in [6, 6.07) is 12.4. The zero-order chi connectivity index (χ0) is 23.2. The first kappa shape index (κ1) is 22.4. The molecule has 0 spiro atoms. The van der Waals surface area contributed by atoms with Gasteiger partial charge in [0, 0.05) is 36.0 Å². The molecule has 0 bridgehead atoms. The van der Waals surface area contributed by atoms with Crippen molar-refractivity contribution in [3.05, 3.63) is 99.8 Å². The van der Waals surface area contributed by atoms with Crippen LogP contribution in [0.3, 0.4) is 0 Å². The molecular weight excluding hydrogens is 439 g/mol. The van der Waals surface area contributed by atoms with Gasteiger partial charge in [-0.05, 0) is 43.7 Å². The third-order valence-electron chi connectivity index (χ3n) is 4.94. The fraction of sp³-hybridized carbons (Fsp3) is 0.160. The van der Waals surface area contributed by atoms with Crippen LogP contribution < -0.4 is 10.1 Å². The molecule has 0 aliphatic rings. The zero-order valence-corrected chi connectivity index (χ0v) is 19.1. The summed E-state index contributed by atoms with van der Waals surface area (Å²) in [5.74, 6) is 0.709. The molecule has 4 aromatic rings. The third-order valence-corrected chi connectivity index (χ3v) is 5.76. The van der Waals surface area contributed by atoms with E-state index in [4.69, 9.17) is 4.74 Å². The highest BCUT2D eigenvalue weighted by Gasteiger charge is 2.09. The van der Waals surface area contributed by atoms with E-state index in [1.807, 2.05) is 43.5 Å². The van der Waals surface area contributed by atoms with Crippen LogP contribution in [0.5, 0.6) is 5.75 Å². The molecule has 1 N–H and O–H groups in total. The van der Waals surface area contributed by atoms with Crippen LogP contribution in [-0.2, 0) is 17.9 Å². The Morgan fingerprint density at radius 1 is 1.24 bits per heavy atom. The van der Waals surface area contributed by atoms with Gasteiger partial charge in [0.15, 0.2) is 0 Å². The molecule has 4 rings (SSSR count). The van der Waals surface area contributed by atoms with Crippen LogP contribution in [0.1, 0.15) is 27.7 Å². The molecule has 2 heterocycles. The molecule has 2 aromatic heterocycles. The van der Waals surface area contributed by atoms with E-state index in [0.29, 0.717) is 29.4 Å². The molecule has 0 saturated heterocycles. The lowest BCUT2D eigenvalue weighted by Crippen LogP contribution is -2.20. The number of hydrogen-bond donors (Lipinski definition) is 1. The number of rotatable bonds is 8. The lowest BCUT2D eigenvalue weighted by atomic mass is 10.1. The Hall–Kier alpha value is -3.78. The lowest BCUT2D eigenvalue weighted by molar-refractivity contribution is -0.116. The Morgan fingerprint density at radius 3 is 2.82 bits per heavy atom. The molecule has 0 saturated carbocycles. The Balaban J connectivity index is 1.35. The van der Waals surface area contributed by atoms with Crippen molar-refractivity contribution >= 4 is 23.3 Å². The summed E-state index contributed by atoms with van der Waals surface area (Å²) >= 11 is 1.58. The van der Waals surface area contributed by atoms with Crippen molar-refractivity contribution in [1.82, 2.24) is 19.9 Å². The molecule has 0 fully saturated rings. The Labute approximate surface area is 195 Å². The van der Waals surface area contributed by atoms with Gasteiger partial charge in [-0.15, -0.1) is 11.3 Å². The van der Waals surface area contributed by atoms with Gasteiger partial charge in [-0.2, -0.15) is 0 Å². The number of amides is 1. The molecule has 6 nitrogen and oxygen atoms in total. The summed E-state index contributed by atoms with van der Waals surface area (Å²) in [7, 11) is 0. The standard InChI is InChI=1S/C25H23FN4O2S/c1-17-27-11-12-30(17)23-9-7-19(13-22(23)26)14-28-25(31)10-8-20-5-3-4-6-24(20)32-15-21-16-33-18(2)29-21/h3-13,16H,14-15H2,1-2H3,(H,28,31)/b10-8+. The maximum absolute atomic E-state index is 14.5. The second-order valence-corrected chi connectivity index (χ2v) is 8.43. The average molecular weight is 463 g/mol. The molecule has 0 radical (unpaired) electrons. The van der Waals surface area contributed by atoms with E-state index in [0.717, 1.165) is 16.3 Å². The van der Waals surface area contributed by atoms with E-state index in [1.165, 1.54) is 12.1 Å². The first-order valence-corrected chi connectivity index (χ1v) is 11.2. The number of nitrogens with zero attached hydrogens (tertiary/aromatic N) is 3. The van der Waals surface area contributed by atoms with Gasteiger partial charge < -0.3 is 14.6 Å². The van der Waals surface area contributed by atoms with Gasteiger partial charge in [0.25, 0.3) is 0 Å². The lowest BCUT2D eigenvalue weighted by Gasteiger charge is -2.09. The summed E-state index contributed by atoms with van der Waals surface area (Å²) in [4.78, 5) is 20.8. The first-order chi connectivity index (χ1) is 16.0. The highest BCUT2D eigenvalue weighted by atomic mass is 32.1. The van der Waals surface area contributed by atoms with Crippen LogP contribution in [0.4, 0.5) is 4.39 Å². The number of para-hydroxylation sites is 1. The number of imidazole rings is 1. The van der Waals surface area contributed by atoms with Crippen molar-refractivity contribution in [1.29, 1.82) is 0 Å². The van der Waals surface area contributed by atoms with Crippen molar-refractivity contribution in [2.24, 2.45) is 0 Å².